The van der Waals surface area contributed by atoms with Crippen molar-refractivity contribution in [3.05, 3.63) is 12.2 Å². The van der Waals surface area contributed by atoms with Crippen molar-refractivity contribution in [3.8, 4) is 0 Å². The van der Waals surface area contributed by atoms with E-state index in [0.29, 0.717) is 18.8 Å². The summed E-state index contributed by atoms with van der Waals surface area (Å²) in [6, 6.07) is 0. The predicted octanol–water partition coefficient (Wildman–Crippen LogP) is 6.37. The van der Waals surface area contributed by atoms with E-state index in [4.69, 9.17) is 19.7 Å². The third kappa shape index (κ3) is 33.3. The number of rotatable bonds is 18. The molecule has 4 atom stereocenters. The van der Waals surface area contributed by atoms with Gasteiger partial charge in [0.2, 0.25) is 0 Å². The lowest BCUT2D eigenvalue weighted by molar-refractivity contribution is -0.148. The van der Waals surface area contributed by atoms with Gasteiger partial charge in [0.25, 0.3) is 0 Å². The summed E-state index contributed by atoms with van der Waals surface area (Å²) in [6.45, 7) is 12.5. The molecule has 0 amide bonds. The summed E-state index contributed by atoms with van der Waals surface area (Å²) in [5, 5.41) is 16.7. The summed E-state index contributed by atoms with van der Waals surface area (Å²) in [4.78, 5) is 51.5. The number of carbonyl (C=O) groups is 5. The first kappa shape index (κ1) is 39.8. The molecule has 0 radical (unpaired) electrons. The van der Waals surface area contributed by atoms with Crippen molar-refractivity contribution in [1.82, 2.24) is 0 Å². The van der Waals surface area contributed by atoms with Gasteiger partial charge in [0, 0.05) is 33.1 Å². The molecule has 9 heteroatoms. The second-order valence-corrected chi connectivity index (χ2v) is 9.54. The maximum absolute atomic E-state index is 10.8. The van der Waals surface area contributed by atoms with E-state index >= 15 is 0 Å². The average Bonchev–Trinajstić information content (AvgIpc) is 2.81. The van der Waals surface area contributed by atoms with Crippen LogP contribution in [-0.2, 0) is 33.4 Å². The Labute approximate surface area is 229 Å². The predicted molar refractivity (Wildman–Crippen MR) is 148 cm³/mol. The summed E-state index contributed by atoms with van der Waals surface area (Å²) in [6.07, 6.45) is 13.4. The Morgan fingerprint density at radius 3 is 1.53 bits per heavy atom. The van der Waals surface area contributed by atoms with Crippen LogP contribution in [0.25, 0.3) is 0 Å². The summed E-state index contributed by atoms with van der Waals surface area (Å²) in [5.74, 6) is -1.54. The molecule has 0 aromatic heterocycles. The van der Waals surface area contributed by atoms with Gasteiger partial charge in [-0.3, -0.25) is 19.2 Å². The number of aliphatic carboxylic acids is 2. The number of carboxylic acid groups (broad SMARTS) is 2. The van der Waals surface area contributed by atoms with Gasteiger partial charge in [-0.1, -0.05) is 52.2 Å². The Kier molecular flexibility index (Phi) is 28.6. The van der Waals surface area contributed by atoms with E-state index in [2.05, 4.69) is 19.1 Å². The smallest absolute Gasteiger partial charge is 0.303 e. The van der Waals surface area contributed by atoms with Crippen molar-refractivity contribution in [3.63, 3.8) is 0 Å². The molecular weight excluding hydrogens is 492 g/mol. The van der Waals surface area contributed by atoms with Crippen LogP contribution >= 0.6 is 0 Å². The molecule has 0 aromatic rings. The molecule has 38 heavy (non-hydrogen) atoms. The number of aldehydes is 1. The fourth-order valence-corrected chi connectivity index (χ4v) is 2.96. The third-order valence-electron chi connectivity index (χ3n) is 5.70. The topological polar surface area (TPSA) is 144 Å². The van der Waals surface area contributed by atoms with E-state index in [-0.39, 0.29) is 36.5 Å². The lowest BCUT2D eigenvalue weighted by Gasteiger charge is -2.17. The molecule has 0 aliphatic rings. The second kappa shape index (κ2) is 27.3. The molecule has 0 rings (SSSR count). The van der Waals surface area contributed by atoms with Gasteiger partial charge in [0.05, 0.1) is 0 Å². The number of hydrogen-bond donors (Lipinski definition) is 2. The second-order valence-electron chi connectivity index (χ2n) is 9.54. The van der Waals surface area contributed by atoms with Crippen LogP contribution in [0.2, 0.25) is 0 Å². The van der Waals surface area contributed by atoms with Gasteiger partial charge < -0.3 is 24.5 Å². The quantitative estimate of drug-likeness (QED) is 0.0870. The van der Waals surface area contributed by atoms with Crippen LogP contribution in [0.5, 0.6) is 0 Å². The van der Waals surface area contributed by atoms with E-state index < -0.39 is 11.9 Å². The number of unbranched alkanes of at least 4 members (excludes halogenated alkanes) is 5. The first-order chi connectivity index (χ1) is 17.8. The van der Waals surface area contributed by atoms with Crippen LogP contribution in [0.4, 0.5) is 0 Å². The number of hydrogen-bond acceptors (Lipinski definition) is 7. The van der Waals surface area contributed by atoms with Crippen LogP contribution in [0.1, 0.15) is 119 Å². The minimum atomic E-state index is -0.734. The fraction of sp³-hybridized carbons (Fsp3) is 0.759. The molecule has 0 heterocycles. The molecule has 2 N–H and O–H groups in total. The van der Waals surface area contributed by atoms with Crippen LogP contribution in [0.15, 0.2) is 12.2 Å². The van der Waals surface area contributed by atoms with Crippen molar-refractivity contribution in [2.24, 2.45) is 11.8 Å². The van der Waals surface area contributed by atoms with Crippen LogP contribution in [0.3, 0.4) is 0 Å². The number of carbonyl (C=O) groups excluding carboxylic acids is 3. The molecule has 9 nitrogen and oxygen atoms in total. The molecule has 0 spiro atoms. The minimum Gasteiger partial charge on any atom is -0.481 e. The number of carboxylic acids is 2. The zero-order valence-electron chi connectivity index (χ0n) is 24.6. The average molecular weight is 545 g/mol. The van der Waals surface area contributed by atoms with Crippen molar-refractivity contribution in [2.75, 3.05) is 0 Å². The molecular formula is C29H52O9. The lowest BCUT2D eigenvalue weighted by atomic mass is 10.0. The standard InChI is InChI=1S/C14H24O4.C8H14O3.C7H14O2/c1-11(12(2)18-13(3)15)9-7-5-4-6-8-10-14(16)17;1-6(4-5-9)7(2)11-8(3)10;1-2-3-4-5-6-7(8)9/h5,7,11-12H,4,6,8-10H2,1-3H3,(H,16,17);5-7H,4H2,1-3H3;2-6H2,1H3,(H,8,9)/b7-5+;;/t11-,12+;6-,7+;/m11./s1. The molecule has 0 aliphatic carbocycles. The monoisotopic (exact) mass is 544 g/mol. The molecule has 0 unspecified atom stereocenters. The molecule has 0 saturated heterocycles. The highest BCUT2D eigenvalue weighted by atomic mass is 16.5. The summed E-state index contributed by atoms with van der Waals surface area (Å²) >= 11 is 0. The number of ether oxygens (including phenoxy) is 2. The maximum atomic E-state index is 10.8. The van der Waals surface area contributed by atoms with Gasteiger partial charge in [0.1, 0.15) is 18.5 Å². The zero-order valence-corrected chi connectivity index (χ0v) is 24.6. The van der Waals surface area contributed by atoms with Gasteiger partial charge in [-0.2, -0.15) is 0 Å². The van der Waals surface area contributed by atoms with Crippen molar-refractivity contribution >= 4 is 30.2 Å². The molecule has 0 fully saturated rings. The van der Waals surface area contributed by atoms with Crippen molar-refractivity contribution in [2.45, 2.75) is 131 Å². The van der Waals surface area contributed by atoms with E-state index in [9.17, 15) is 24.0 Å². The van der Waals surface area contributed by atoms with Crippen molar-refractivity contribution < 1.29 is 43.7 Å². The molecule has 0 bridgehead atoms. The number of esters is 2. The normalized spacial score (nSPS) is 13.4. The Hall–Kier alpha value is -2.71. The van der Waals surface area contributed by atoms with E-state index in [0.717, 1.165) is 51.2 Å². The Balaban J connectivity index is -0.000000524. The molecule has 0 aromatic carbocycles. The largest absolute Gasteiger partial charge is 0.481 e. The highest BCUT2D eigenvalue weighted by Gasteiger charge is 2.14. The third-order valence-corrected chi connectivity index (χ3v) is 5.70. The van der Waals surface area contributed by atoms with Gasteiger partial charge in [-0.15, -0.1) is 0 Å². The van der Waals surface area contributed by atoms with Gasteiger partial charge in [-0.25, -0.2) is 0 Å². The van der Waals surface area contributed by atoms with Gasteiger partial charge >= 0.3 is 23.9 Å². The first-order valence-electron chi connectivity index (χ1n) is 13.6. The van der Waals surface area contributed by atoms with E-state index in [1.54, 1.807) is 6.92 Å². The SMILES string of the molecule is CC(=O)O[C@@H](C)[C@H](C)C/C=C/CCCCC(=O)O.CC(=O)O[C@@H](C)[C@H](C)CC=O.CCCCCCC(=O)O. The van der Waals surface area contributed by atoms with E-state index in [1.165, 1.54) is 20.3 Å². The highest BCUT2D eigenvalue weighted by Crippen LogP contribution is 2.13. The summed E-state index contributed by atoms with van der Waals surface area (Å²) in [7, 11) is 0. The van der Waals surface area contributed by atoms with Gasteiger partial charge in [-0.05, 0) is 57.8 Å². The van der Waals surface area contributed by atoms with Gasteiger partial charge in [0.15, 0.2) is 0 Å². The van der Waals surface area contributed by atoms with Crippen LogP contribution in [-0.4, -0.2) is 52.6 Å². The minimum absolute atomic E-state index is 0.0702. The van der Waals surface area contributed by atoms with Crippen LogP contribution < -0.4 is 0 Å². The fourth-order valence-electron chi connectivity index (χ4n) is 2.96. The highest BCUT2D eigenvalue weighted by molar-refractivity contribution is 5.67. The molecule has 222 valence electrons. The summed E-state index contributed by atoms with van der Waals surface area (Å²) < 4.78 is 9.96. The summed E-state index contributed by atoms with van der Waals surface area (Å²) in [5.41, 5.74) is 0. The first-order valence-corrected chi connectivity index (χ1v) is 13.6. The van der Waals surface area contributed by atoms with E-state index in [1.807, 2.05) is 20.8 Å². The Bertz CT molecular complexity index is 673. The molecule has 0 saturated carbocycles. The lowest BCUT2D eigenvalue weighted by Crippen LogP contribution is -2.20. The zero-order chi connectivity index (χ0) is 29.9. The van der Waals surface area contributed by atoms with Crippen LogP contribution in [0, 0.1) is 11.8 Å². The van der Waals surface area contributed by atoms with Crippen molar-refractivity contribution in [1.29, 1.82) is 0 Å². The molecule has 0 aliphatic heterocycles. The number of allylic oxidation sites excluding steroid dienone is 2. The Morgan fingerprint density at radius 1 is 0.684 bits per heavy atom. The Morgan fingerprint density at radius 2 is 1.13 bits per heavy atom. The maximum Gasteiger partial charge on any atom is 0.303 e.